The van der Waals surface area contributed by atoms with Crippen LogP contribution in [0.15, 0.2) is 33.1 Å². The summed E-state index contributed by atoms with van der Waals surface area (Å²) < 4.78 is 26.9. The van der Waals surface area contributed by atoms with E-state index in [1.54, 1.807) is 0 Å². The van der Waals surface area contributed by atoms with Crippen molar-refractivity contribution < 1.29 is 8.42 Å². The maximum absolute atomic E-state index is 12.4. The fraction of sp³-hybridized carbons (Fsp3) is 0.182. The number of thiophene rings is 1. The molecule has 0 fully saturated rings. The Morgan fingerprint density at radius 3 is 2.65 bits per heavy atom. The smallest absolute Gasteiger partial charge is 0.242 e. The van der Waals surface area contributed by atoms with Crippen LogP contribution in [0.25, 0.3) is 0 Å². The fourth-order valence-corrected chi connectivity index (χ4v) is 4.51. The summed E-state index contributed by atoms with van der Waals surface area (Å²) in [4.78, 5) is 4.71. The molecular weight excluding hydrogens is 407 g/mol. The van der Waals surface area contributed by atoms with Gasteiger partial charge in [-0.25, -0.2) is 13.4 Å². The molecule has 0 unspecified atom stereocenters. The average Bonchev–Trinajstić information content (AvgIpc) is 2.78. The van der Waals surface area contributed by atoms with Crippen LogP contribution in [0.1, 0.15) is 4.88 Å². The van der Waals surface area contributed by atoms with E-state index < -0.39 is 10.0 Å². The van der Waals surface area contributed by atoms with Crippen LogP contribution in [0, 0.1) is 0 Å². The number of pyridine rings is 1. The van der Waals surface area contributed by atoms with E-state index in [1.165, 1.54) is 35.0 Å². The van der Waals surface area contributed by atoms with Crippen molar-refractivity contribution in [2.75, 3.05) is 7.05 Å². The Morgan fingerprint density at radius 2 is 2.10 bits per heavy atom. The number of halogens is 3. The first-order valence-electron chi connectivity index (χ1n) is 5.31. The third-order valence-electron chi connectivity index (χ3n) is 2.48. The SMILES string of the molecule is CN(Cc1cc(Br)cs1)S(=O)(=O)c1cnc(Cl)c(Cl)c1. The summed E-state index contributed by atoms with van der Waals surface area (Å²) in [5, 5.41) is 2.09. The van der Waals surface area contributed by atoms with Gasteiger partial charge in [-0.2, -0.15) is 4.31 Å². The Bertz CT molecular complexity index is 734. The molecule has 0 amide bonds. The lowest BCUT2D eigenvalue weighted by Gasteiger charge is -2.16. The van der Waals surface area contributed by atoms with Gasteiger partial charge in [-0.05, 0) is 28.1 Å². The van der Waals surface area contributed by atoms with Crippen LogP contribution in [0.4, 0.5) is 0 Å². The quantitative estimate of drug-likeness (QED) is 0.708. The minimum absolute atomic E-state index is 0.0185. The summed E-state index contributed by atoms with van der Waals surface area (Å²) >= 11 is 16.3. The molecule has 0 aliphatic rings. The lowest BCUT2D eigenvalue weighted by atomic mass is 10.5. The van der Waals surface area contributed by atoms with Crippen molar-refractivity contribution in [3.8, 4) is 0 Å². The first kappa shape index (κ1) is 16.2. The summed E-state index contributed by atoms with van der Waals surface area (Å²) in [5.41, 5.74) is 0. The number of aromatic nitrogens is 1. The first-order chi connectivity index (χ1) is 9.30. The van der Waals surface area contributed by atoms with Crippen molar-refractivity contribution in [2.24, 2.45) is 0 Å². The van der Waals surface area contributed by atoms with Crippen molar-refractivity contribution in [3.63, 3.8) is 0 Å². The lowest BCUT2D eigenvalue weighted by Crippen LogP contribution is -2.26. The Balaban J connectivity index is 2.27. The van der Waals surface area contributed by atoms with Gasteiger partial charge in [-0.3, -0.25) is 0 Å². The Kier molecular flexibility index (Phi) is 5.09. The van der Waals surface area contributed by atoms with Crippen LogP contribution < -0.4 is 0 Å². The van der Waals surface area contributed by atoms with E-state index in [1.807, 2.05) is 11.4 Å². The number of sulfonamides is 1. The second-order valence-electron chi connectivity index (χ2n) is 3.94. The Morgan fingerprint density at radius 1 is 1.40 bits per heavy atom. The van der Waals surface area contributed by atoms with Crippen LogP contribution in [-0.4, -0.2) is 24.8 Å². The number of nitrogens with zero attached hydrogens (tertiary/aromatic N) is 2. The summed E-state index contributed by atoms with van der Waals surface area (Å²) in [5.74, 6) is 0. The summed E-state index contributed by atoms with van der Waals surface area (Å²) in [6, 6.07) is 3.18. The molecular formula is C11H9BrCl2N2O2S2. The van der Waals surface area contributed by atoms with Gasteiger partial charge in [0.25, 0.3) is 0 Å². The lowest BCUT2D eigenvalue weighted by molar-refractivity contribution is 0.469. The van der Waals surface area contributed by atoms with Crippen LogP contribution in [0.5, 0.6) is 0 Å². The minimum Gasteiger partial charge on any atom is -0.242 e. The summed E-state index contributed by atoms with van der Waals surface area (Å²) in [6.07, 6.45) is 1.20. The molecule has 20 heavy (non-hydrogen) atoms. The highest BCUT2D eigenvalue weighted by Gasteiger charge is 2.22. The molecule has 2 rings (SSSR count). The van der Waals surface area contributed by atoms with Crippen molar-refractivity contribution in [3.05, 3.63) is 43.2 Å². The van der Waals surface area contributed by atoms with Crippen LogP contribution >= 0.6 is 50.5 Å². The van der Waals surface area contributed by atoms with Gasteiger partial charge >= 0.3 is 0 Å². The molecule has 0 aromatic carbocycles. The van der Waals surface area contributed by atoms with Gasteiger partial charge in [0.05, 0.1) is 5.02 Å². The molecule has 9 heteroatoms. The maximum Gasteiger partial charge on any atom is 0.244 e. The molecule has 2 aromatic heterocycles. The third kappa shape index (κ3) is 3.52. The van der Waals surface area contributed by atoms with E-state index >= 15 is 0 Å². The standard InChI is InChI=1S/C11H9BrCl2N2O2S2/c1-16(5-8-2-7(12)6-19-8)20(17,18)9-3-10(13)11(14)15-4-9/h2-4,6H,5H2,1H3. The normalized spacial score (nSPS) is 12.1. The van der Waals surface area contributed by atoms with Gasteiger partial charge in [-0.1, -0.05) is 23.2 Å². The van der Waals surface area contributed by atoms with Gasteiger partial charge < -0.3 is 0 Å². The van der Waals surface area contributed by atoms with Crippen molar-refractivity contribution >= 4 is 60.5 Å². The highest BCUT2D eigenvalue weighted by atomic mass is 79.9. The molecule has 2 heterocycles. The molecule has 4 nitrogen and oxygen atoms in total. The Hall–Kier alpha value is -0.180. The van der Waals surface area contributed by atoms with Gasteiger partial charge in [0, 0.05) is 34.5 Å². The molecule has 108 valence electrons. The van der Waals surface area contributed by atoms with Crippen LogP contribution in [-0.2, 0) is 16.6 Å². The third-order valence-corrected chi connectivity index (χ3v) is 6.62. The zero-order chi connectivity index (χ0) is 14.9. The van der Waals surface area contributed by atoms with Crippen LogP contribution in [0.2, 0.25) is 10.2 Å². The largest absolute Gasteiger partial charge is 0.244 e. The van der Waals surface area contributed by atoms with E-state index in [0.29, 0.717) is 0 Å². The van der Waals surface area contributed by atoms with E-state index in [4.69, 9.17) is 23.2 Å². The fourth-order valence-electron chi connectivity index (χ4n) is 1.47. The number of rotatable bonds is 4. The zero-order valence-corrected chi connectivity index (χ0v) is 14.9. The van der Waals surface area contributed by atoms with Crippen LogP contribution in [0.3, 0.4) is 0 Å². The second-order valence-corrected chi connectivity index (χ2v) is 8.66. The minimum atomic E-state index is -3.65. The topological polar surface area (TPSA) is 50.3 Å². The molecule has 0 N–H and O–H groups in total. The van der Waals surface area contributed by atoms with E-state index in [9.17, 15) is 8.42 Å². The molecule has 0 aliphatic carbocycles. The van der Waals surface area contributed by atoms with Gasteiger partial charge in [0.1, 0.15) is 10.0 Å². The van der Waals surface area contributed by atoms with Gasteiger partial charge in [0.2, 0.25) is 10.0 Å². The average molecular weight is 416 g/mol. The molecule has 0 saturated heterocycles. The van der Waals surface area contributed by atoms with Gasteiger partial charge in [0.15, 0.2) is 0 Å². The molecule has 0 aliphatic heterocycles. The molecule has 0 saturated carbocycles. The molecule has 0 atom stereocenters. The van der Waals surface area contributed by atoms with Crippen molar-refractivity contribution in [1.29, 1.82) is 0 Å². The Labute approximate surface area is 139 Å². The summed E-state index contributed by atoms with van der Waals surface area (Å²) in [7, 11) is -2.14. The monoisotopic (exact) mass is 414 g/mol. The maximum atomic E-state index is 12.4. The van der Waals surface area contributed by atoms with E-state index in [-0.39, 0.29) is 21.6 Å². The first-order valence-corrected chi connectivity index (χ1v) is 9.18. The predicted molar refractivity (Wildman–Crippen MR) is 84.9 cm³/mol. The zero-order valence-electron chi connectivity index (χ0n) is 10.2. The highest BCUT2D eigenvalue weighted by molar-refractivity contribution is 9.10. The molecule has 0 bridgehead atoms. The van der Waals surface area contributed by atoms with Crippen molar-refractivity contribution in [2.45, 2.75) is 11.4 Å². The number of hydrogen-bond donors (Lipinski definition) is 0. The molecule has 2 aromatic rings. The molecule has 0 radical (unpaired) electrons. The highest BCUT2D eigenvalue weighted by Crippen LogP contribution is 2.26. The summed E-state index contributed by atoms with van der Waals surface area (Å²) in [6.45, 7) is 0.277. The van der Waals surface area contributed by atoms with Crippen molar-refractivity contribution in [1.82, 2.24) is 9.29 Å². The number of hydrogen-bond acceptors (Lipinski definition) is 4. The second kappa shape index (κ2) is 6.29. The van der Waals surface area contributed by atoms with E-state index in [2.05, 4.69) is 20.9 Å². The molecule has 0 spiro atoms. The van der Waals surface area contributed by atoms with Gasteiger partial charge in [-0.15, -0.1) is 11.3 Å². The van der Waals surface area contributed by atoms with E-state index in [0.717, 1.165) is 9.35 Å². The predicted octanol–water partition coefficient (Wildman–Crippen LogP) is 4.03.